The van der Waals surface area contributed by atoms with Crippen molar-refractivity contribution in [2.24, 2.45) is 5.73 Å². The lowest BCUT2D eigenvalue weighted by Gasteiger charge is -2.21. The monoisotopic (exact) mass is 401 g/mol. The Morgan fingerprint density at radius 3 is 2.33 bits per heavy atom. The van der Waals surface area contributed by atoms with Crippen LogP contribution in [0.25, 0.3) is 11.3 Å². The average molecular weight is 402 g/mol. The zero-order valence-electron chi connectivity index (χ0n) is 18.0. The van der Waals surface area contributed by atoms with Gasteiger partial charge in [-0.1, -0.05) is 42.5 Å². The third kappa shape index (κ3) is 4.13. The molecule has 4 heteroatoms. The van der Waals surface area contributed by atoms with Crippen molar-refractivity contribution in [2.75, 3.05) is 18.0 Å². The predicted molar refractivity (Wildman–Crippen MR) is 124 cm³/mol. The fraction of sp³-hybridized carbons (Fsp3) is 0.346. The molecule has 156 valence electrons. The molecule has 1 fully saturated rings. The summed E-state index contributed by atoms with van der Waals surface area (Å²) in [7, 11) is 0. The van der Waals surface area contributed by atoms with Gasteiger partial charge in [-0.05, 0) is 68.9 Å². The molecule has 0 radical (unpaired) electrons. The molecule has 2 N–H and O–H groups in total. The number of aryl methyl sites for hydroxylation is 1. The van der Waals surface area contributed by atoms with Gasteiger partial charge in [-0.3, -0.25) is 4.79 Å². The molecule has 1 aliphatic rings. The van der Waals surface area contributed by atoms with Gasteiger partial charge in [0.05, 0.1) is 5.56 Å². The maximum absolute atomic E-state index is 12.1. The second-order valence-corrected chi connectivity index (χ2v) is 8.38. The summed E-state index contributed by atoms with van der Waals surface area (Å²) in [5.41, 5.74) is 12.0. The average Bonchev–Trinajstić information content (AvgIpc) is 3.41. The van der Waals surface area contributed by atoms with Gasteiger partial charge >= 0.3 is 0 Å². The van der Waals surface area contributed by atoms with Gasteiger partial charge in [-0.2, -0.15) is 0 Å². The van der Waals surface area contributed by atoms with Gasteiger partial charge in [0.2, 0.25) is 0 Å². The number of primary amides is 1. The van der Waals surface area contributed by atoms with Crippen LogP contribution >= 0.6 is 0 Å². The number of aromatic nitrogens is 1. The molecule has 1 unspecified atom stereocenters. The highest BCUT2D eigenvalue weighted by atomic mass is 16.1. The number of hydrogen-bond acceptors (Lipinski definition) is 2. The molecule has 0 aliphatic carbocycles. The van der Waals surface area contributed by atoms with Gasteiger partial charge in [0.25, 0.3) is 5.91 Å². The number of benzene rings is 2. The molecule has 0 saturated carbocycles. The van der Waals surface area contributed by atoms with Gasteiger partial charge in [0.1, 0.15) is 0 Å². The smallest absolute Gasteiger partial charge is 0.250 e. The minimum absolute atomic E-state index is 0.256. The second-order valence-electron chi connectivity index (χ2n) is 8.38. The van der Waals surface area contributed by atoms with Gasteiger partial charge in [-0.25, -0.2) is 0 Å². The van der Waals surface area contributed by atoms with E-state index in [9.17, 15) is 4.79 Å². The van der Waals surface area contributed by atoms with Crippen molar-refractivity contribution in [3.8, 4) is 11.3 Å². The van der Waals surface area contributed by atoms with E-state index >= 15 is 0 Å². The largest absolute Gasteiger partial charge is 0.372 e. The van der Waals surface area contributed by atoms with Crippen LogP contribution in [-0.2, 0) is 6.42 Å². The van der Waals surface area contributed by atoms with E-state index in [-0.39, 0.29) is 11.9 Å². The summed E-state index contributed by atoms with van der Waals surface area (Å²) in [5, 5.41) is 0. The first-order valence-corrected chi connectivity index (χ1v) is 11.0. The van der Waals surface area contributed by atoms with Crippen molar-refractivity contribution in [2.45, 2.75) is 45.6 Å². The molecule has 3 aromatic rings. The van der Waals surface area contributed by atoms with E-state index in [1.165, 1.54) is 24.1 Å². The highest BCUT2D eigenvalue weighted by Gasteiger charge is 2.21. The summed E-state index contributed by atoms with van der Waals surface area (Å²) in [6, 6.07) is 21.5. The van der Waals surface area contributed by atoms with Crippen LogP contribution in [0.2, 0.25) is 0 Å². The molecular formula is C26H31N3O. The quantitative estimate of drug-likeness (QED) is 0.580. The molecule has 0 bridgehead atoms. The third-order valence-corrected chi connectivity index (χ3v) is 6.33. The van der Waals surface area contributed by atoms with E-state index in [1.54, 1.807) is 0 Å². The lowest BCUT2D eigenvalue weighted by atomic mass is 10.0. The van der Waals surface area contributed by atoms with E-state index in [2.05, 4.69) is 64.9 Å². The number of rotatable bonds is 7. The first kappa shape index (κ1) is 20.3. The lowest BCUT2D eigenvalue weighted by molar-refractivity contribution is 0.0999. The van der Waals surface area contributed by atoms with E-state index in [0.717, 1.165) is 42.9 Å². The number of hydrogen-bond donors (Lipinski definition) is 1. The summed E-state index contributed by atoms with van der Waals surface area (Å²) in [5.74, 6) is -0.364. The van der Waals surface area contributed by atoms with Gasteiger partial charge in [0.15, 0.2) is 0 Å². The molecule has 30 heavy (non-hydrogen) atoms. The maximum Gasteiger partial charge on any atom is 0.250 e. The molecule has 2 aromatic carbocycles. The van der Waals surface area contributed by atoms with Crippen LogP contribution in [0.5, 0.6) is 0 Å². The molecular weight excluding hydrogens is 370 g/mol. The van der Waals surface area contributed by atoms with Crippen molar-refractivity contribution < 1.29 is 4.79 Å². The SMILES string of the molecule is Cc1c(C(N)=O)cc(-c2ccc(N3CCCC3)cc2)n1C(C)CCc1ccccc1. The van der Waals surface area contributed by atoms with Crippen molar-refractivity contribution in [3.63, 3.8) is 0 Å². The first-order chi connectivity index (χ1) is 14.5. The van der Waals surface area contributed by atoms with Crippen LogP contribution in [0.4, 0.5) is 5.69 Å². The Hall–Kier alpha value is -3.01. The van der Waals surface area contributed by atoms with E-state index in [1.807, 2.05) is 19.1 Å². The number of carbonyl (C=O) groups is 1. The number of anilines is 1. The van der Waals surface area contributed by atoms with Crippen LogP contribution < -0.4 is 10.6 Å². The van der Waals surface area contributed by atoms with Gasteiger partial charge in [-0.15, -0.1) is 0 Å². The molecule has 1 atom stereocenters. The van der Waals surface area contributed by atoms with E-state index in [0.29, 0.717) is 5.56 Å². The molecule has 0 spiro atoms. The minimum atomic E-state index is -0.364. The predicted octanol–water partition coefficient (Wildman–Crippen LogP) is 5.36. The van der Waals surface area contributed by atoms with Crippen LogP contribution in [0.3, 0.4) is 0 Å². The minimum Gasteiger partial charge on any atom is -0.372 e. The Morgan fingerprint density at radius 1 is 1.03 bits per heavy atom. The molecule has 2 heterocycles. The molecule has 1 amide bonds. The van der Waals surface area contributed by atoms with Crippen LogP contribution in [0.15, 0.2) is 60.7 Å². The van der Waals surface area contributed by atoms with Gasteiger partial charge in [0, 0.05) is 36.2 Å². The summed E-state index contributed by atoms with van der Waals surface area (Å²) < 4.78 is 2.29. The Morgan fingerprint density at radius 2 is 1.70 bits per heavy atom. The van der Waals surface area contributed by atoms with Crippen molar-refractivity contribution >= 4 is 11.6 Å². The highest BCUT2D eigenvalue weighted by Crippen LogP contribution is 2.32. The maximum atomic E-state index is 12.1. The van der Waals surface area contributed by atoms with Crippen LogP contribution in [0, 0.1) is 6.92 Å². The Bertz CT molecular complexity index is 999. The fourth-order valence-electron chi connectivity index (χ4n) is 4.63. The van der Waals surface area contributed by atoms with Crippen LogP contribution in [-0.4, -0.2) is 23.6 Å². The van der Waals surface area contributed by atoms with Crippen molar-refractivity contribution in [3.05, 3.63) is 77.5 Å². The number of nitrogens with two attached hydrogens (primary N) is 1. The summed E-state index contributed by atoms with van der Waals surface area (Å²) in [4.78, 5) is 14.5. The summed E-state index contributed by atoms with van der Waals surface area (Å²) in [6.45, 7) is 6.50. The molecule has 1 aromatic heterocycles. The van der Waals surface area contributed by atoms with Crippen LogP contribution in [0.1, 0.15) is 53.8 Å². The van der Waals surface area contributed by atoms with E-state index in [4.69, 9.17) is 5.73 Å². The Kier molecular flexibility index (Phi) is 5.93. The molecule has 4 nitrogen and oxygen atoms in total. The first-order valence-electron chi connectivity index (χ1n) is 11.0. The summed E-state index contributed by atoms with van der Waals surface area (Å²) in [6.07, 6.45) is 4.53. The van der Waals surface area contributed by atoms with Gasteiger partial charge < -0.3 is 15.2 Å². The second kappa shape index (κ2) is 8.78. The highest BCUT2D eigenvalue weighted by molar-refractivity contribution is 5.95. The van der Waals surface area contributed by atoms with Crippen molar-refractivity contribution in [1.29, 1.82) is 0 Å². The number of amides is 1. The number of carbonyl (C=O) groups excluding carboxylic acids is 1. The zero-order valence-corrected chi connectivity index (χ0v) is 18.0. The molecule has 1 saturated heterocycles. The zero-order chi connectivity index (χ0) is 21.1. The normalized spacial score (nSPS) is 14.8. The Balaban J connectivity index is 1.63. The van der Waals surface area contributed by atoms with Crippen molar-refractivity contribution in [1.82, 2.24) is 4.57 Å². The standard InChI is InChI=1S/C26H31N3O/c1-19(10-11-21-8-4-3-5-9-21)29-20(2)24(26(27)30)18-25(29)22-12-14-23(15-13-22)28-16-6-7-17-28/h3-5,8-9,12-15,18-19H,6-7,10-11,16-17H2,1-2H3,(H2,27,30). The third-order valence-electron chi connectivity index (χ3n) is 6.33. The van der Waals surface area contributed by atoms with E-state index < -0.39 is 0 Å². The number of nitrogens with zero attached hydrogens (tertiary/aromatic N) is 2. The molecule has 4 rings (SSSR count). The summed E-state index contributed by atoms with van der Waals surface area (Å²) >= 11 is 0. The Labute approximate surface area is 179 Å². The molecule has 1 aliphatic heterocycles. The fourth-order valence-corrected chi connectivity index (χ4v) is 4.63. The lowest BCUT2D eigenvalue weighted by Crippen LogP contribution is -2.17. The topological polar surface area (TPSA) is 51.3 Å².